The fourth-order valence-corrected chi connectivity index (χ4v) is 4.05. The Morgan fingerprint density at radius 1 is 1.41 bits per heavy atom. The largest absolute Gasteiger partial charge is 0.463 e. The van der Waals surface area contributed by atoms with Gasteiger partial charge in [-0.05, 0) is 25.0 Å². The van der Waals surface area contributed by atoms with Crippen LogP contribution in [0.25, 0.3) is 0 Å². The van der Waals surface area contributed by atoms with Crippen LogP contribution in [0.5, 0.6) is 5.88 Å². The Labute approximate surface area is 188 Å². The van der Waals surface area contributed by atoms with E-state index in [0.717, 1.165) is 0 Å². The van der Waals surface area contributed by atoms with Gasteiger partial charge in [-0.1, -0.05) is 29.7 Å². The molecule has 0 spiro atoms. The fourth-order valence-electron chi connectivity index (χ4n) is 3.78. The Morgan fingerprint density at radius 2 is 2.22 bits per heavy atom. The molecule has 1 aliphatic carbocycles. The van der Waals surface area contributed by atoms with E-state index in [1.807, 2.05) is 0 Å². The average molecular weight is 461 g/mol. The van der Waals surface area contributed by atoms with Crippen molar-refractivity contribution < 1.29 is 23.0 Å². The van der Waals surface area contributed by atoms with E-state index in [9.17, 15) is 13.6 Å². The molecule has 0 amide bonds. The Balaban J connectivity index is 1.57. The van der Waals surface area contributed by atoms with Crippen molar-refractivity contribution in [1.29, 1.82) is 0 Å². The van der Waals surface area contributed by atoms with Crippen molar-refractivity contribution >= 4 is 23.4 Å². The number of nitrogens with two attached hydrogens (primary N) is 1. The van der Waals surface area contributed by atoms with E-state index in [1.54, 1.807) is 13.0 Å². The van der Waals surface area contributed by atoms with E-state index in [1.165, 1.54) is 24.5 Å². The Morgan fingerprint density at radius 3 is 2.91 bits per heavy atom. The molecule has 4 rings (SSSR count). The lowest BCUT2D eigenvalue weighted by Crippen LogP contribution is -2.43. The molecule has 2 heterocycles. The second kappa shape index (κ2) is 8.71. The number of hydrogen-bond acceptors (Lipinski definition) is 7. The summed E-state index contributed by atoms with van der Waals surface area (Å²) in [5.74, 6) is 4.79. The summed E-state index contributed by atoms with van der Waals surface area (Å²) in [6, 6.07) is 4.29. The first kappa shape index (κ1) is 22.0. The molecule has 2 N–H and O–H groups in total. The van der Waals surface area contributed by atoms with Gasteiger partial charge in [-0.3, -0.25) is 4.79 Å². The Kier molecular flexibility index (Phi) is 5.98. The molecule has 2 aromatic rings. The van der Waals surface area contributed by atoms with Crippen LogP contribution in [0.1, 0.15) is 35.0 Å². The summed E-state index contributed by atoms with van der Waals surface area (Å²) in [6.45, 7) is 1.85. The predicted octanol–water partition coefficient (Wildman–Crippen LogP) is 3.15. The molecule has 1 aliphatic heterocycles. The summed E-state index contributed by atoms with van der Waals surface area (Å²) >= 11 is 6.30. The van der Waals surface area contributed by atoms with E-state index in [0.29, 0.717) is 12.0 Å². The minimum atomic E-state index is -2.85. The van der Waals surface area contributed by atoms with Gasteiger partial charge in [0.05, 0.1) is 12.4 Å². The third-order valence-corrected chi connectivity index (χ3v) is 5.74. The standard InChI is InChI=1S/C22H19ClF2N4O3/c1-2-3-6-31-19-11-27-16(10-28-19)17(30)8-12-4-5-15(23)13(7-12)22(20(24)25)14-9-18(14)32-21(26)29-22/h4-5,7,10-11,14,18,20H,6,8-9H2,1H3,(H2,26,29)/t14-,18+,22+/m0/s1. The highest BCUT2D eigenvalue weighted by Crippen LogP contribution is 2.56. The highest BCUT2D eigenvalue weighted by molar-refractivity contribution is 6.31. The molecule has 32 heavy (non-hydrogen) atoms. The lowest BCUT2D eigenvalue weighted by molar-refractivity contribution is 0.0196. The van der Waals surface area contributed by atoms with Crippen LogP contribution in [-0.4, -0.2) is 40.9 Å². The number of carbonyl (C=O) groups is 1. The van der Waals surface area contributed by atoms with E-state index < -0.39 is 24.0 Å². The van der Waals surface area contributed by atoms with Crippen LogP contribution >= 0.6 is 11.6 Å². The van der Waals surface area contributed by atoms with Gasteiger partial charge in [-0.2, -0.15) is 0 Å². The van der Waals surface area contributed by atoms with Gasteiger partial charge in [-0.25, -0.2) is 23.7 Å². The topological polar surface area (TPSA) is 99.7 Å². The smallest absolute Gasteiger partial charge is 0.283 e. The number of benzene rings is 1. The van der Waals surface area contributed by atoms with Gasteiger partial charge >= 0.3 is 0 Å². The molecule has 1 aromatic heterocycles. The number of amidine groups is 1. The highest BCUT2D eigenvalue weighted by Gasteiger charge is 2.64. The number of Topliss-reactive ketones (excluding diaryl/α,β-unsaturated/α-hetero) is 1. The number of aromatic nitrogens is 2. The summed E-state index contributed by atoms with van der Waals surface area (Å²) in [4.78, 5) is 24.8. The number of alkyl halides is 2. The minimum Gasteiger partial charge on any atom is -0.463 e. The highest BCUT2D eigenvalue weighted by atomic mass is 35.5. The van der Waals surface area contributed by atoms with Crippen LogP contribution in [0, 0.1) is 17.8 Å². The molecule has 0 bridgehead atoms. The quantitative estimate of drug-likeness (QED) is 0.503. The molecule has 2 aliphatic rings. The maximum atomic E-state index is 14.3. The summed E-state index contributed by atoms with van der Waals surface area (Å²) < 4.78 is 39.2. The van der Waals surface area contributed by atoms with Crippen LogP contribution in [0.15, 0.2) is 35.6 Å². The van der Waals surface area contributed by atoms with Crippen LogP contribution in [-0.2, 0) is 16.7 Å². The zero-order valence-corrected chi connectivity index (χ0v) is 17.8. The molecule has 0 unspecified atom stereocenters. The van der Waals surface area contributed by atoms with E-state index >= 15 is 0 Å². The van der Waals surface area contributed by atoms with Crippen molar-refractivity contribution in [2.75, 3.05) is 6.61 Å². The maximum absolute atomic E-state index is 14.3. The third kappa shape index (κ3) is 4.10. The maximum Gasteiger partial charge on any atom is 0.283 e. The number of aliphatic imine (C=N–C) groups is 1. The molecule has 1 aromatic carbocycles. The predicted molar refractivity (Wildman–Crippen MR) is 113 cm³/mol. The first-order chi connectivity index (χ1) is 15.3. The van der Waals surface area contributed by atoms with E-state index in [-0.39, 0.29) is 47.0 Å². The average Bonchev–Trinajstić information content (AvgIpc) is 3.54. The minimum absolute atomic E-state index is 0.0799. The SMILES string of the molecule is CC#CCOc1cnc(C(=O)Cc2ccc(Cl)c([C@@]3(C(F)F)N=C(N)O[C@@H]4C[C@@H]43)c2)cn1. The summed E-state index contributed by atoms with van der Waals surface area (Å²) in [7, 11) is 0. The van der Waals surface area contributed by atoms with E-state index in [2.05, 4.69) is 26.8 Å². The number of carbonyl (C=O) groups excluding carboxylic acids is 1. The molecule has 10 heteroatoms. The molecule has 1 fully saturated rings. The molecule has 7 nitrogen and oxygen atoms in total. The van der Waals surface area contributed by atoms with Crippen LogP contribution in [0.3, 0.4) is 0 Å². The van der Waals surface area contributed by atoms with Gasteiger partial charge < -0.3 is 15.2 Å². The van der Waals surface area contributed by atoms with E-state index in [4.69, 9.17) is 26.8 Å². The monoisotopic (exact) mass is 460 g/mol. The lowest BCUT2D eigenvalue weighted by Gasteiger charge is -2.33. The molecule has 166 valence electrons. The molecule has 0 saturated heterocycles. The molecular formula is C22H19ClF2N4O3. The first-order valence-electron chi connectivity index (χ1n) is 9.81. The molecular weight excluding hydrogens is 442 g/mol. The molecule has 1 saturated carbocycles. The third-order valence-electron chi connectivity index (χ3n) is 5.41. The van der Waals surface area contributed by atoms with Crippen LogP contribution in [0.2, 0.25) is 5.02 Å². The first-order valence-corrected chi connectivity index (χ1v) is 10.2. The second-order valence-corrected chi connectivity index (χ2v) is 7.85. The molecule has 3 atom stereocenters. The Bertz CT molecular complexity index is 1130. The lowest BCUT2D eigenvalue weighted by atomic mass is 9.83. The van der Waals surface area contributed by atoms with Crippen molar-refractivity contribution in [3.05, 3.63) is 52.4 Å². The van der Waals surface area contributed by atoms with Gasteiger partial charge in [-0.15, -0.1) is 5.92 Å². The summed E-state index contributed by atoms with van der Waals surface area (Å²) in [5.41, 5.74) is 4.51. The zero-order valence-electron chi connectivity index (χ0n) is 17.0. The number of rotatable bonds is 7. The van der Waals surface area contributed by atoms with Gasteiger partial charge in [0, 0.05) is 22.9 Å². The fraction of sp³-hybridized carbons (Fsp3) is 0.364. The van der Waals surface area contributed by atoms with Crippen LogP contribution < -0.4 is 10.5 Å². The number of ketones is 1. The summed E-state index contributed by atoms with van der Waals surface area (Å²) in [5, 5.41) is 0.127. The van der Waals surface area contributed by atoms with Gasteiger partial charge in [0.1, 0.15) is 11.8 Å². The van der Waals surface area contributed by atoms with Gasteiger partial charge in [0.25, 0.3) is 12.4 Å². The van der Waals surface area contributed by atoms with Gasteiger partial charge in [0.15, 0.2) is 17.9 Å². The number of nitrogens with zero attached hydrogens (tertiary/aromatic N) is 3. The van der Waals surface area contributed by atoms with Crippen molar-refractivity contribution in [2.45, 2.75) is 37.8 Å². The number of hydrogen-bond donors (Lipinski definition) is 1. The van der Waals surface area contributed by atoms with Gasteiger partial charge in [0.2, 0.25) is 5.88 Å². The zero-order chi connectivity index (χ0) is 22.9. The van der Waals surface area contributed by atoms with Crippen molar-refractivity contribution in [1.82, 2.24) is 9.97 Å². The number of fused-ring (bicyclic) bond motifs is 1. The van der Waals surface area contributed by atoms with Crippen molar-refractivity contribution in [2.24, 2.45) is 16.6 Å². The molecule has 0 radical (unpaired) electrons. The van der Waals surface area contributed by atoms with Crippen molar-refractivity contribution in [3.63, 3.8) is 0 Å². The Hall–Kier alpha value is -3.25. The van der Waals surface area contributed by atoms with Crippen molar-refractivity contribution in [3.8, 4) is 17.7 Å². The second-order valence-electron chi connectivity index (χ2n) is 7.44. The normalized spacial score (nSPS) is 23.3. The number of halogens is 3. The van der Waals surface area contributed by atoms with Crippen LogP contribution in [0.4, 0.5) is 8.78 Å². The summed E-state index contributed by atoms with van der Waals surface area (Å²) in [6.07, 6.45) is -0.310. The number of ether oxygens (including phenoxy) is 2.